The summed E-state index contributed by atoms with van der Waals surface area (Å²) in [4.78, 5) is 20.6. The van der Waals surface area contributed by atoms with E-state index < -0.39 is 11.9 Å². The molecular weight excluding hydrogens is 447 g/mol. The van der Waals surface area contributed by atoms with Crippen molar-refractivity contribution in [2.45, 2.75) is 0 Å². The minimum atomic E-state index is -1.52. The van der Waals surface area contributed by atoms with Gasteiger partial charge in [0.25, 0.3) is 0 Å². The van der Waals surface area contributed by atoms with Crippen molar-refractivity contribution in [3.05, 3.63) is 35.4 Å². The monoisotopic (exact) mass is 451 g/mol. The second-order valence-electron chi connectivity index (χ2n) is 2.12. The van der Waals surface area contributed by atoms with Gasteiger partial charge in [-0.2, -0.15) is 0 Å². The van der Waals surface area contributed by atoms with Crippen LogP contribution in [-0.2, 0) is 19.8 Å². The van der Waals surface area contributed by atoms with Crippen molar-refractivity contribution in [2.24, 2.45) is 0 Å². The zero-order valence-electron chi connectivity index (χ0n) is 7.15. The molecule has 7 heteroatoms. The van der Waals surface area contributed by atoms with Crippen LogP contribution < -0.4 is 10.2 Å². The van der Waals surface area contributed by atoms with Crippen LogP contribution in [0.1, 0.15) is 20.7 Å². The molecule has 0 fully saturated rings. The average Bonchev–Trinajstić information content (AvgIpc) is 2.20. The van der Waals surface area contributed by atoms with E-state index in [2.05, 4.69) is 0 Å². The molecule has 0 atom stereocenters. The third kappa shape index (κ3) is 5.14. The van der Waals surface area contributed by atoms with Crippen molar-refractivity contribution >= 4 is 37.7 Å². The Bertz CT molecular complexity index is 322. The van der Waals surface area contributed by atoms with Crippen LogP contribution in [0.2, 0.25) is 0 Å². The normalized spacial score (nSPS) is 7.73. The molecular formula is C8H4CuO5Pb. The molecule has 15 heavy (non-hydrogen) atoms. The van der Waals surface area contributed by atoms with Gasteiger partial charge in [0.05, 0.1) is 11.9 Å². The number of carbonyl (C=O) groups is 2. The summed E-state index contributed by atoms with van der Waals surface area (Å²) in [6, 6.07) is 5.14. The molecule has 81 valence electrons. The summed E-state index contributed by atoms with van der Waals surface area (Å²) in [5, 5.41) is 20.6. The van der Waals surface area contributed by atoms with Crippen molar-refractivity contribution in [3.63, 3.8) is 0 Å². The van der Waals surface area contributed by atoms with Crippen LogP contribution in [0.25, 0.3) is 0 Å². The van der Waals surface area contributed by atoms with E-state index in [-0.39, 0.29) is 54.0 Å². The molecule has 0 spiro atoms. The van der Waals surface area contributed by atoms with E-state index in [0.717, 1.165) is 12.1 Å². The van der Waals surface area contributed by atoms with E-state index >= 15 is 0 Å². The number of carbonyl (C=O) groups excluding carboxylic acids is 2. The zero-order valence-corrected chi connectivity index (χ0v) is 12.0. The van der Waals surface area contributed by atoms with E-state index in [1.807, 2.05) is 0 Å². The van der Waals surface area contributed by atoms with Crippen LogP contribution in [0.3, 0.4) is 0 Å². The third-order valence-electron chi connectivity index (χ3n) is 1.37. The molecule has 1 aromatic rings. The molecule has 5 nitrogen and oxygen atoms in total. The van der Waals surface area contributed by atoms with Gasteiger partial charge in [-0.05, 0) is 0 Å². The summed E-state index contributed by atoms with van der Waals surface area (Å²) in [6.45, 7) is 0. The molecule has 0 saturated carbocycles. The Morgan fingerprint density at radius 1 is 0.933 bits per heavy atom. The topological polar surface area (TPSA) is 97.3 Å². The first-order valence-electron chi connectivity index (χ1n) is 3.35. The Kier molecular flexibility index (Phi) is 9.74. The first kappa shape index (κ1) is 16.8. The van der Waals surface area contributed by atoms with Gasteiger partial charge in [-0.3, -0.25) is 0 Å². The molecule has 0 unspecified atom stereocenters. The van der Waals surface area contributed by atoms with Gasteiger partial charge in [0.1, 0.15) is 0 Å². The van der Waals surface area contributed by atoms with Crippen molar-refractivity contribution in [2.75, 3.05) is 0 Å². The molecule has 0 saturated heterocycles. The Hall–Kier alpha value is -0.598. The molecule has 0 aliphatic heterocycles. The van der Waals surface area contributed by atoms with E-state index in [0.29, 0.717) is 0 Å². The molecule has 0 amide bonds. The minimum absolute atomic E-state index is 0. The van der Waals surface area contributed by atoms with E-state index in [1.54, 1.807) is 0 Å². The maximum absolute atomic E-state index is 10.3. The summed E-state index contributed by atoms with van der Waals surface area (Å²) in [7, 11) is 0. The Balaban J connectivity index is 0. The molecule has 0 bridgehead atoms. The van der Waals surface area contributed by atoms with Crippen LogP contribution >= 0.6 is 0 Å². The average molecular weight is 451 g/mol. The number of carboxylic acids is 2. The number of benzene rings is 1. The van der Waals surface area contributed by atoms with Crippen LogP contribution in [0, 0.1) is 0 Å². The zero-order chi connectivity index (χ0) is 11.1. The summed E-state index contributed by atoms with van der Waals surface area (Å²) >= 11 is 0.0556. The molecule has 0 aromatic heterocycles. The maximum atomic E-state index is 10.3. The molecule has 0 aliphatic rings. The van der Waals surface area contributed by atoms with E-state index in [4.69, 9.17) is 2.69 Å². The fourth-order valence-electron chi connectivity index (χ4n) is 0.839. The molecule has 0 aliphatic carbocycles. The molecule has 1 rings (SSSR count). The SMILES string of the molecule is O=C([O-])c1ccccc1C(=O)[O-].[Cu+2].[O]=[Pb]. The van der Waals surface area contributed by atoms with Gasteiger partial charge in [0.2, 0.25) is 0 Å². The molecule has 0 N–H and O–H groups in total. The van der Waals surface area contributed by atoms with Crippen LogP contribution in [-0.4, -0.2) is 37.7 Å². The molecule has 0 heterocycles. The van der Waals surface area contributed by atoms with Crippen LogP contribution in [0.5, 0.6) is 0 Å². The summed E-state index contributed by atoms with van der Waals surface area (Å²) in [6.07, 6.45) is 0. The Labute approximate surface area is 112 Å². The predicted octanol–water partition coefficient (Wildman–Crippen LogP) is -2.09. The van der Waals surface area contributed by atoms with Gasteiger partial charge in [-0.15, -0.1) is 0 Å². The first-order valence-corrected chi connectivity index (χ1v) is 4.94. The van der Waals surface area contributed by atoms with E-state index in [1.165, 1.54) is 12.1 Å². The quantitative estimate of drug-likeness (QED) is 0.481. The van der Waals surface area contributed by atoms with Crippen molar-refractivity contribution < 1.29 is 39.6 Å². The summed E-state index contributed by atoms with van der Waals surface area (Å²) in [5.74, 6) is -3.04. The van der Waals surface area contributed by atoms with Gasteiger partial charge < -0.3 is 19.8 Å². The van der Waals surface area contributed by atoms with Crippen molar-refractivity contribution in [3.8, 4) is 0 Å². The van der Waals surface area contributed by atoms with Gasteiger partial charge in [0, 0.05) is 11.1 Å². The van der Waals surface area contributed by atoms with Crippen LogP contribution in [0.15, 0.2) is 24.3 Å². The summed E-state index contributed by atoms with van der Waals surface area (Å²) < 4.78 is 8.39. The van der Waals surface area contributed by atoms with Crippen molar-refractivity contribution in [1.29, 1.82) is 0 Å². The third-order valence-corrected chi connectivity index (χ3v) is 1.37. The fraction of sp³-hybridized carbons (Fsp3) is 0. The van der Waals surface area contributed by atoms with Crippen molar-refractivity contribution in [1.82, 2.24) is 0 Å². The predicted molar refractivity (Wildman–Crippen MR) is 41.5 cm³/mol. The van der Waals surface area contributed by atoms with Gasteiger partial charge >= 0.3 is 45.5 Å². The Morgan fingerprint density at radius 2 is 1.20 bits per heavy atom. The number of hydrogen-bond acceptors (Lipinski definition) is 5. The van der Waals surface area contributed by atoms with Gasteiger partial charge in [-0.25, -0.2) is 0 Å². The first-order chi connectivity index (χ1) is 6.63. The molecule has 3 radical (unpaired) electrons. The van der Waals surface area contributed by atoms with E-state index in [9.17, 15) is 19.8 Å². The second kappa shape index (κ2) is 8.69. The molecule has 1 aromatic carbocycles. The Morgan fingerprint density at radius 3 is 1.40 bits per heavy atom. The van der Waals surface area contributed by atoms with Gasteiger partial charge in [0.15, 0.2) is 0 Å². The summed E-state index contributed by atoms with van der Waals surface area (Å²) in [5.41, 5.74) is -0.727. The number of hydrogen-bond donors (Lipinski definition) is 0. The fourth-order valence-corrected chi connectivity index (χ4v) is 0.839. The second-order valence-corrected chi connectivity index (χ2v) is 2.12. The number of aromatic carboxylic acids is 2. The standard InChI is InChI=1S/C8H6O4.Cu.O.Pb/c9-7(10)5-3-1-2-4-6(5)8(11)12;;;/h1-4H,(H,9,10)(H,11,12);;;/q;+2;;/p-2. The van der Waals surface area contributed by atoms with Crippen LogP contribution in [0.4, 0.5) is 0 Å². The van der Waals surface area contributed by atoms with Gasteiger partial charge in [-0.1, -0.05) is 24.3 Å². The number of rotatable bonds is 2. The number of carboxylic acid groups (broad SMARTS) is 2.